The van der Waals surface area contributed by atoms with Crippen LogP contribution in [-0.2, 0) is 0 Å². The molecule has 0 spiro atoms. The molecule has 3 heteroatoms. The summed E-state index contributed by atoms with van der Waals surface area (Å²) in [7, 11) is 0. The Kier molecular flexibility index (Phi) is 2.40. The van der Waals surface area contributed by atoms with Gasteiger partial charge in [0.15, 0.2) is 0 Å². The maximum absolute atomic E-state index is 13.0. The third-order valence-electron chi connectivity index (χ3n) is 3.29. The average Bonchev–Trinajstić information content (AvgIpc) is 2.82. The van der Waals surface area contributed by atoms with Crippen molar-refractivity contribution in [1.29, 1.82) is 0 Å². The first-order chi connectivity index (χ1) is 7.74. The third kappa shape index (κ3) is 1.61. The van der Waals surface area contributed by atoms with E-state index in [-0.39, 0.29) is 17.1 Å². The quantitative estimate of drug-likeness (QED) is 0.669. The van der Waals surface area contributed by atoms with Gasteiger partial charge in [-0.15, -0.1) is 11.6 Å². The molecule has 2 atom stereocenters. The number of furan rings is 1. The summed E-state index contributed by atoms with van der Waals surface area (Å²) in [4.78, 5) is 0. The molecule has 1 aromatic carbocycles. The first-order valence-corrected chi connectivity index (χ1v) is 6.01. The van der Waals surface area contributed by atoms with Crippen molar-refractivity contribution in [2.24, 2.45) is 0 Å². The minimum Gasteiger partial charge on any atom is -0.461 e. The second kappa shape index (κ2) is 3.77. The molecular weight excluding hydrogens is 227 g/mol. The number of hydrogen-bond donors (Lipinski definition) is 0. The molecule has 1 fully saturated rings. The summed E-state index contributed by atoms with van der Waals surface area (Å²) in [6, 6.07) is 6.51. The Morgan fingerprint density at radius 2 is 2.12 bits per heavy atom. The Morgan fingerprint density at radius 1 is 1.25 bits per heavy atom. The normalized spacial score (nSPS) is 25.4. The van der Waals surface area contributed by atoms with Gasteiger partial charge in [-0.1, -0.05) is 6.42 Å². The van der Waals surface area contributed by atoms with E-state index in [1.807, 2.05) is 6.07 Å². The molecule has 2 aromatic rings. The van der Waals surface area contributed by atoms with Crippen molar-refractivity contribution in [1.82, 2.24) is 0 Å². The number of benzene rings is 1. The molecule has 84 valence electrons. The van der Waals surface area contributed by atoms with Crippen LogP contribution in [-0.4, -0.2) is 5.38 Å². The Hall–Kier alpha value is -1.02. The predicted octanol–water partition coefficient (Wildman–Crippen LogP) is 4.45. The molecule has 0 aliphatic heterocycles. The SMILES string of the molecule is Fc1ccc2oc(C3CCCC3Cl)cc2c1. The van der Waals surface area contributed by atoms with E-state index in [2.05, 4.69) is 0 Å². The van der Waals surface area contributed by atoms with Gasteiger partial charge in [0.2, 0.25) is 0 Å². The minimum absolute atomic E-state index is 0.158. The van der Waals surface area contributed by atoms with Crippen LogP contribution in [0.15, 0.2) is 28.7 Å². The van der Waals surface area contributed by atoms with Crippen LogP contribution in [0.2, 0.25) is 0 Å². The fourth-order valence-electron chi connectivity index (χ4n) is 2.45. The highest BCUT2D eigenvalue weighted by atomic mass is 35.5. The van der Waals surface area contributed by atoms with Gasteiger partial charge in [0, 0.05) is 16.7 Å². The first-order valence-electron chi connectivity index (χ1n) is 5.57. The second-order valence-electron chi connectivity index (χ2n) is 4.38. The first kappa shape index (κ1) is 10.2. The number of hydrogen-bond acceptors (Lipinski definition) is 1. The van der Waals surface area contributed by atoms with Crippen LogP contribution in [0, 0.1) is 5.82 Å². The summed E-state index contributed by atoms with van der Waals surface area (Å²) in [6.45, 7) is 0. The summed E-state index contributed by atoms with van der Waals surface area (Å²) in [5.41, 5.74) is 0.743. The fourth-order valence-corrected chi connectivity index (χ4v) is 2.86. The van der Waals surface area contributed by atoms with Gasteiger partial charge < -0.3 is 4.42 Å². The smallest absolute Gasteiger partial charge is 0.134 e. The third-order valence-corrected chi connectivity index (χ3v) is 3.82. The van der Waals surface area contributed by atoms with Crippen LogP contribution < -0.4 is 0 Å². The predicted molar refractivity (Wildman–Crippen MR) is 62.4 cm³/mol. The van der Waals surface area contributed by atoms with Crippen molar-refractivity contribution in [2.75, 3.05) is 0 Å². The van der Waals surface area contributed by atoms with Gasteiger partial charge in [-0.05, 0) is 37.1 Å². The highest BCUT2D eigenvalue weighted by molar-refractivity contribution is 6.21. The second-order valence-corrected chi connectivity index (χ2v) is 4.94. The lowest BCUT2D eigenvalue weighted by atomic mass is 10.0. The average molecular weight is 239 g/mol. The van der Waals surface area contributed by atoms with Gasteiger partial charge in [0.25, 0.3) is 0 Å². The van der Waals surface area contributed by atoms with Crippen molar-refractivity contribution in [3.8, 4) is 0 Å². The van der Waals surface area contributed by atoms with Crippen LogP contribution in [0.25, 0.3) is 11.0 Å². The van der Waals surface area contributed by atoms with E-state index in [1.54, 1.807) is 6.07 Å². The molecule has 1 saturated carbocycles. The number of fused-ring (bicyclic) bond motifs is 1. The standard InChI is InChI=1S/C13H12ClFO/c14-11-3-1-2-10(11)13-7-8-6-9(15)4-5-12(8)16-13/h4-7,10-11H,1-3H2. The van der Waals surface area contributed by atoms with Gasteiger partial charge in [-0.25, -0.2) is 4.39 Å². The zero-order valence-corrected chi connectivity index (χ0v) is 9.51. The molecule has 0 amide bonds. The van der Waals surface area contributed by atoms with Crippen molar-refractivity contribution in [3.05, 3.63) is 35.8 Å². The van der Waals surface area contributed by atoms with Gasteiger partial charge >= 0.3 is 0 Å². The van der Waals surface area contributed by atoms with E-state index in [4.69, 9.17) is 16.0 Å². The molecule has 16 heavy (non-hydrogen) atoms. The highest BCUT2D eigenvalue weighted by Gasteiger charge is 2.29. The van der Waals surface area contributed by atoms with Crippen LogP contribution in [0.3, 0.4) is 0 Å². The molecule has 1 aromatic heterocycles. The van der Waals surface area contributed by atoms with E-state index in [0.717, 1.165) is 36.0 Å². The molecule has 1 aliphatic carbocycles. The van der Waals surface area contributed by atoms with E-state index >= 15 is 0 Å². The summed E-state index contributed by atoms with van der Waals surface area (Å²) < 4.78 is 18.8. The van der Waals surface area contributed by atoms with Crippen LogP contribution in [0.5, 0.6) is 0 Å². The molecule has 0 N–H and O–H groups in total. The lowest BCUT2D eigenvalue weighted by Gasteiger charge is -2.09. The van der Waals surface area contributed by atoms with Crippen LogP contribution >= 0.6 is 11.6 Å². The monoisotopic (exact) mass is 238 g/mol. The Bertz CT molecular complexity index is 520. The van der Waals surface area contributed by atoms with Gasteiger partial charge in [0.05, 0.1) is 0 Å². The van der Waals surface area contributed by atoms with E-state index in [0.29, 0.717) is 0 Å². The molecule has 1 aliphatic rings. The Labute approximate surface area is 98.2 Å². The van der Waals surface area contributed by atoms with E-state index in [1.165, 1.54) is 12.1 Å². The maximum Gasteiger partial charge on any atom is 0.134 e. The molecule has 0 radical (unpaired) electrons. The summed E-state index contributed by atoms with van der Waals surface area (Å²) in [6.07, 6.45) is 3.25. The molecule has 1 heterocycles. The Balaban J connectivity index is 2.04. The van der Waals surface area contributed by atoms with Crippen molar-refractivity contribution in [2.45, 2.75) is 30.6 Å². The molecule has 3 rings (SSSR count). The fraction of sp³-hybridized carbons (Fsp3) is 0.385. The van der Waals surface area contributed by atoms with E-state index < -0.39 is 0 Å². The largest absolute Gasteiger partial charge is 0.461 e. The molecule has 2 unspecified atom stereocenters. The molecular formula is C13H12ClFO. The minimum atomic E-state index is -0.228. The lowest BCUT2D eigenvalue weighted by molar-refractivity contribution is 0.496. The van der Waals surface area contributed by atoms with Gasteiger partial charge in [-0.3, -0.25) is 0 Å². The topological polar surface area (TPSA) is 13.1 Å². The summed E-state index contributed by atoms with van der Waals surface area (Å²) in [5, 5.41) is 0.983. The molecule has 0 saturated heterocycles. The van der Waals surface area contributed by atoms with Crippen LogP contribution in [0.1, 0.15) is 30.9 Å². The lowest BCUT2D eigenvalue weighted by Crippen LogP contribution is -2.03. The molecule has 1 nitrogen and oxygen atoms in total. The van der Waals surface area contributed by atoms with Gasteiger partial charge in [0.1, 0.15) is 17.2 Å². The zero-order chi connectivity index (χ0) is 11.1. The molecule has 0 bridgehead atoms. The zero-order valence-electron chi connectivity index (χ0n) is 8.75. The number of rotatable bonds is 1. The van der Waals surface area contributed by atoms with Crippen LogP contribution in [0.4, 0.5) is 4.39 Å². The maximum atomic E-state index is 13.0. The summed E-state index contributed by atoms with van der Waals surface area (Å²) in [5.74, 6) is 0.962. The Morgan fingerprint density at radius 3 is 2.88 bits per heavy atom. The van der Waals surface area contributed by atoms with Crippen molar-refractivity contribution >= 4 is 22.6 Å². The number of alkyl halides is 1. The number of halogens is 2. The van der Waals surface area contributed by atoms with Crippen molar-refractivity contribution < 1.29 is 8.81 Å². The summed E-state index contributed by atoms with van der Waals surface area (Å²) >= 11 is 6.24. The van der Waals surface area contributed by atoms with Gasteiger partial charge in [-0.2, -0.15) is 0 Å². The van der Waals surface area contributed by atoms with Crippen molar-refractivity contribution in [3.63, 3.8) is 0 Å². The highest BCUT2D eigenvalue weighted by Crippen LogP contribution is 2.40. The van der Waals surface area contributed by atoms with E-state index in [9.17, 15) is 4.39 Å².